The van der Waals surface area contributed by atoms with Gasteiger partial charge in [0.1, 0.15) is 11.2 Å². The number of hydrogen-bond donors (Lipinski definition) is 1. The normalized spacial score (nSPS) is 11.2. The molecule has 0 radical (unpaired) electrons. The number of nitrogens with zero attached hydrogens (tertiary/aromatic N) is 1. The molecule has 1 aliphatic heterocycles. The van der Waals surface area contributed by atoms with E-state index in [4.69, 9.17) is 9.52 Å². The van der Waals surface area contributed by atoms with E-state index in [1.165, 1.54) is 6.07 Å². The van der Waals surface area contributed by atoms with Crippen molar-refractivity contribution in [1.29, 1.82) is 0 Å². The number of aliphatic hydroxyl groups is 1. The summed E-state index contributed by atoms with van der Waals surface area (Å²) in [7, 11) is 0. The second kappa shape index (κ2) is 4.82. The van der Waals surface area contributed by atoms with E-state index in [-0.39, 0.29) is 12.0 Å². The summed E-state index contributed by atoms with van der Waals surface area (Å²) < 4.78 is 5.67. The second-order valence-electron chi connectivity index (χ2n) is 4.44. The van der Waals surface area contributed by atoms with Gasteiger partial charge in [0, 0.05) is 18.2 Å². The molecule has 0 bridgehead atoms. The predicted octanol–water partition coefficient (Wildman–Crippen LogP) is 2.22. The molecule has 2 aliphatic rings. The molecule has 0 aromatic heterocycles. The van der Waals surface area contributed by atoms with Crippen LogP contribution in [0.3, 0.4) is 0 Å². The number of para-hydroxylation sites is 2. The average molecular weight is 255 g/mol. The Hall–Kier alpha value is -2.20. The van der Waals surface area contributed by atoms with Gasteiger partial charge in [0.2, 0.25) is 0 Å². The molecule has 1 N–H and O–H groups in total. The summed E-state index contributed by atoms with van der Waals surface area (Å²) in [4.78, 5) is 16.4. The summed E-state index contributed by atoms with van der Waals surface area (Å²) in [6.07, 6.45) is 1.13. The quantitative estimate of drug-likeness (QED) is 0.729. The van der Waals surface area contributed by atoms with Crippen molar-refractivity contribution in [3.05, 3.63) is 52.2 Å². The van der Waals surface area contributed by atoms with Gasteiger partial charge in [-0.15, -0.1) is 0 Å². The van der Waals surface area contributed by atoms with Crippen LogP contribution in [0.15, 0.2) is 45.6 Å². The first-order valence-electron chi connectivity index (χ1n) is 6.21. The molecule has 4 heteroatoms. The molecule has 0 saturated heterocycles. The Balaban J connectivity index is 2.19. The lowest BCUT2D eigenvalue weighted by atomic mass is 10.1. The first-order valence-corrected chi connectivity index (χ1v) is 6.21. The predicted molar refractivity (Wildman–Crippen MR) is 72.3 cm³/mol. The zero-order valence-electron chi connectivity index (χ0n) is 10.3. The van der Waals surface area contributed by atoms with E-state index in [1.54, 1.807) is 6.07 Å². The summed E-state index contributed by atoms with van der Waals surface area (Å²) >= 11 is 0. The fourth-order valence-corrected chi connectivity index (χ4v) is 2.11. The van der Waals surface area contributed by atoms with Gasteiger partial charge in [0.05, 0.1) is 0 Å². The van der Waals surface area contributed by atoms with Gasteiger partial charge in [0.15, 0.2) is 16.8 Å². The molecule has 1 aliphatic carbocycles. The van der Waals surface area contributed by atoms with Crippen molar-refractivity contribution in [3.63, 3.8) is 0 Å². The minimum atomic E-state index is -0.0678. The molecule has 19 heavy (non-hydrogen) atoms. The molecule has 0 unspecified atom stereocenters. The van der Waals surface area contributed by atoms with Crippen LogP contribution < -0.4 is 5.43 Å². The third kappa shape index (κ3) is 2.22. The van der Waals surface area contributed by atoms with Crippen LogP contribution in [0.2, 0.25) is 0 Å². The summed E-state index contributed by atoms with van der Waals surface area (Å²) in [5.41, 5.74) is 2.70. The molecule has 1 aromatic carbocycles. The van der Waals surface area contributed by atoms with Crippen LogP contribution >= 0.6 is 0 Å². The zero-order chi connectivity index (χ0) is 13.2. The lowest BCUT2D eigenvalue weighted by Crippen LogP contribution is -2.10. The van der Waals surface area contributed by atoms with Crippen LogP contribution in [-0.4, -0.2) is 16.7 Å². The van der Waals surface area contributed by atoms with E-state index >= 15 is 0 Å². The van der Waals surface area contributed by atoms with E-state index < -0.39 is 0 Å². The number of aryl methyl sites for hydroxylation is 1. The number of benzene rings is 2. The average Bonchev–Trinajstić information content (AvgIpc) is 2.43. The number of aliphatic hydroxyl groups excluding tert-OH is 1. The summed E-state index contributed by atoms with van der Waals surface area (Å²) in [6, 6.07) is 10.7. The molecule has 1 aromatic rings. The molecule has 1 heterocycles. The van der Waals surface area contributed by atoms with Crippen molar-refractivity contribution in [1.82, 2.24) is 4.98 Å². The van der Waals surface area contributed by atoms with Gasteiger partial charge in [-0.05, 0) is 31.0 Å². The maximum Gasteiger partial charge on any atom is 0.185 e. The lowest BCUT2D eigenvalue weighted by molar-refractivity contribution is 0.288. The Morgan fingerprint density at radius 2 is 2.05 bits per heavy atom. The van der Waals surface area contributed by atoms with Gasteiger partial charge < -0.3 is 9.52 Å². The first kappa shape index (κ1) is 11.9. The van der Waals surface area contributed by atoms with Gasteiger partial charge in [-0.1, -0.05) is 12.1 Å². The molecular weight excluding hydrogens is 242 g/mol. The molecular formula is C15H13NO3. The van der Waals surface area contributed by atoms with Crippen molar-refractivity contribution in [2.24, 2.45) is 0 Å². The molecule has 0 saturated carbocycles. The first-order chi connectivity index (χ1) is 9.28. The molecule has 96 valence electrons. The van der Waals surface area contributed by atoms with Crippen molar-refractivity contribution < 1.29 is 9.52 Å². The monoisotopic (exact) mass is 255 g/mol. The van der Waals surface area contributed by atoms with Crippen molar-refractivity contribution >= 4 is 11.1 Å². The van der Waals surface area contributed by atoms with Crippen LogP contribution in [0.5, 0.6) is 0 Å². The minimum Gasteiger partial charge on any atom is -0.453 e. The topological polar surface area (TPSA) is 63.3 Å². The number of fused-ring (bicyclic) bond motifs is 2. The van der Waals surface area contributed by atoms with Gasteiger partial charge in [-0.2, -0.15) is 0 Å². The second-order valence-corrected chi connectivity index (χ2v) is 4.44. The molecule has 0 atom stereocenters. The fourth-order valence-electron chi connectivity index (χ4n) is 2.11. The molecule has 0 spiro atoms. The van der Waals surface area contributed by atoms with Crippen LogP contribution in [0.4, 0.5) is 0 Å². The van der Waals surface area contributed by atoms with E-state index in [9.17, 15) is 4.79 Å². The summed E-state index contributed by atoms with van der Waals surface area (Å²) in [5, 5.41) is 8.84. The van der Waals surface area contributed by atoms with Gasteiger partial charge in [-0.25, -0.2) is 4.98 Å². The third-order valence-corrected chi connectivity index (χ3v) is 3.07. The Kier molecular flexibility index (Phi) is 3.01. The van der Waals surface area contributed by atoms with Crippen molar-refractivity contribution in [2.45, 2.75) is 12.8 Å². The van der Waals surface area contributed by atoms with E-state index in [0.717, 1.165) is 5.52 Å². The smallest absolute Gasteiger partial charge is 0.185 e. The van der Waals surface area contributed by atoms with Gasteiger partial charge >= 0.3 is 0 Å². The number of rotatable bonds is 3. The third-order valence-electron chi connectivity index (χ3n) is 3.07. The highest BCUT2D eigenvalue weighted by Crippen LogP contribution is 2.24. The van der Waals surface area contributed by atoms with Crippen LogP contribution in [0.25, 0.3) is 22.6 Å². The van der Waals surface area contributed by atoms with E-state index in [0.29, 0.717) is 35.4 Å². The highest BCUT2D eigenvalue weighted by Gasteiger charge is 2.12. The van der Waals surface area contributed by atoms with Crippen molar-refractivity contribution in [2.75, 3.05) is 6.61 Å². The summed E-state index contributed by atoms with van der Waals surface area (Å²) in [6.45, 7) is 0.0764. The Labute approximate surface area is 109 Å². The Morgan fingerprint density at radius 1 is 1.21 bits per heavy atom. The highest BCUT2D eigenvalue weighted by molar-refractivity contribution is 5.76. The fraction of sp³-hybridized carbons (Fsp3) is 0.200. The van der Waals surface area contributed by atoms with Gasteiger partial charge in [-0.3, -0.25) is 4.79 Å². The largest absolute Gasteiger partial charge is 0.453 e. The molecule has 0 fully saturated rings. The number of aromatic nitrogens is 1. The summed E-state index contributed by atoms with van der Waals surface area (Å²) in [5.74, 6) is 0.497. The van der Waals surface area contributed by atoms with Gasteiger partial charge in [0.25, 0.3) is 0 Å². The highest BCUT2D eigenvalue weighted by atomic mass is 16.3. The Morgan fingerprint density at radius 3 is 2.89 bits per heavy atom. The molecule has 4 nitrogen and oxygen atoms in total. The standard InChI is InChI=1S/C15H13NO3/c17-7-3-4-10-8-12-15(9-13(10)18)19-14-6-2-1-5-11(14)16-12/h1-2,5-6,8-9,17H,3-4,7H2. The molecule has 3 rings (SSSR count). The van der Waals surface area contributed by atoms with Crippen LogP contribution in [-0.2, 0) is 6.42 Å². The van der Waals surface area contributed by atoms with Crippen LogP contribution in [0.1, 0.15) is 12.0 Å². The zero-order valence-corrected chi connectivity index (χ0v) is 10.3. The SMILES string of the molecule is O=c1cc2oc3ccccc3nc-2cc1CCCO. The minimum absolute atomic E-state index is 0.0678. The maximum atomic E-state index is 11.9. The van der Waals surface area contributed by atoms with E-state index in [1.807, 2.05) is 24.3 Å². The molecule has 0 amide bonds. The maximum absolute atomic E-state index is 11.9. The number of hydrogen-bond acceptors (Lipinski definition) is 4. The Bertz CT molecular complexity index is 748. The van der Waals surface area contributed by atoms with Crippen molar-refractivity contribution in [3.8, 4) is 11.5 Å². The van der Waals surface area contributed by atoms with Crippen LogP contribution in [0, 0.1) is 0 Å². The van der Waals surface area contributed by atoms with E-state index in [2.05, 4.69) is 4.98 Å². The lowest BCUT2D eigenvalue weighted by Gasteiger charge is -2.07.